The number of piperidine rings is 1. The first-order valence-corrected chi connectivity index (χ1v) is 20.2. The molecular formula is C42H45Cl2NO11. The maximum Gasteiger partial charge on any atom is 0.306 e. The Morgan fingerprint density at radius 3 is 2.16 bits per heavy atom. The number of carboxylic acids is 1. The van der Waals surface area contributed by atoms with E-state index in [9.17, 15) is 39.0 Å². The molecule has 12 nitrogen and oxygen atoms in total. The lowest BCUT2D eigenvalue weighted by atomic mass is 9.63. The van der Waals surface area contributed by atoms with Crippen molar-refractivity contribution < 1.29 is 53.4 Å². The Bertz CT molecular complexity index is 2100. The number of imide groups is 1. The predicted octanol–water partition coefficient (Wildman–Crippen LogP) is 4.53. The molecule has 0 unspecified atom stereocenters. The van der Waals surface area contributed by atoms with Gasteiger partial charge in [-0.15, -0.1) is 0 Å². The maximum absolute atomic E-state index is 15.9. The van der Waals surface area contributed by atoms with Gasteiger partial charge in [-0.25, -0.2) is 0 Å². The average molecular weight is 811 g/mol. The quantitative estimate of drug-likeness (QED) is 0.108. The second-order valence-electron chi connectivity index (χ2n) is 17.1. The zero-order chi connectivity index (χ0) is 41.2. The second kappa shape index (κ2) is 13.1. The number of carbonyl (C=O) groups is 9. The monoisotopic (exact) mass is 809 g/mol. The predicted molar refractivity (Wildman–Crippen MR) is 199 cm³/mol. The van der Waals surface area contributed by atoms with Crippen LogP contribution >= 0.6 is 23.2 Å². The van der Waals surface area contributed by atoms with Crippen molar-refractivity contribution in [3.05, 3.63) is 45.5 Å². The number of hydrogen-bond donors (Lipinski definition) is 3. The van der Waals surface area contributed by atoms with Gasteiger partial charge in [0.25, 0.3) is 0 Å². The topological polar surface area (TPSA) is 206 Å². The second-order valence-corrected chi connectivity index (χ2v) is 17.8. The Kier molecular flexibility index (Phi) is 9.42. The third-order valence-corrected chi connectivity index (χ3v) is 15.6. The van der Waals surface area contributed by atoms with Gasteiger partial charge in [0.15, 0.2) is 34.7 Å². The molecule has 3 N–H and O–H groups in total. The van der Waals surface area contributed by atoms with Crippen LogP contribution in [0.1, 0.15) is 86.0 Å². The number of nitrogens with one attached hydrogen (secondary N) is 1. The summed E-state index contributed by atoms with van der Waals surface area (Å²) >= 11 is 13.2. The van der Waals surface area contributed by atoms with Crippen molar-refractivity contribution in [1.82, 2.24) is 5.32 Å². The minimum absolute atomic E-state index is 0.0237. The van der Waals surface area contributed by atoms with Crippen molar-refractivity contribution in [2.24, 2.45) is 63.1 Å². The van der Waals surface area contributed by atoms with Crippen LogP contribution in [0, 0.1) is 63.1 Å². The SMILES string of the molecule is C/C=C/C(=O)[C@@]1(O)C[C@@H]2C[C@H](C(=O)O)C[C@H](C)[C@H]2[C@@H]1C(=O)[C@]12C(=O)NC(=O)[C@@]1(CCCCCC)[C@]21C(=O)C(Cl)=C([C@@H]2[C@@H](C)[C@]23C(=O)C(Cl)=C(/C=C/C)C3=O)C1=O. The van der Waals surface area contributed by atoms with E-state index in [0.29, 0.717) is 12.8 Å². The summed E-state index contributed by atoms with van der Waals surface area (Å²) in [6.07, 6.45) is 7.03. The molecule has 2 spiro atoms. The zero-order valence-corrected chi connectivity index (χ0v) is 33.3. The number of Topliss-reactive ketones (excluding diaryl/α,β-unsaturated/α-hetero) is 5. The minimum atomic E-state index is -2.74. The Morgan fingerprint density at radius 2 is 1.55 bits per heavy atom. The molecule has 1 saturated heterocycles. The fourth-order valence-corrected chi connectivity index (χ4v) is 13.3. The van der Waals surface area contributed by atoms with Gasteiger partial charge in [-0.3, -0.25) is 48.5 Å². The van der Waals surface area contributed by atoms with Crippen LogP contribution < -0.4 is 5.32 Å². The summed E-state index contributed by atoms with van der Waals surface area (Å²) in [7, 11) is 0. The first-order valence-electron chi connectivity index (χ1n) is 19.5. The number of unbranched alkanes of at least 4 members (excludes halogenated alkanes) is 3. The van der Waals surface area contributed by atoms with Crippen molar-refractivity contribution in [1.29, 1.82) is 0 Å². The lowest BCUT2D eigenvalue weighted by Gasteiger charge is -2.39. The minimum Gasteiger partial charge on any atom is -0.481 e. The molecule has 0 bridgehead atoms. The van der Waals surface area contributed by atoms with Gasteiger partial charge >= 0.3 is 5.97 Å². The number of aliphatic carboxylic acids is 1. The van der Waals surface area contributed by atoms with Crippen molar-refractivity contribution in [3.63, 3.8) is 0 Å². The molecule has 0 radical (unpaired) electrons. The summed E-state index contributed by atoms with van der Waals surface area (Å²) in [4.78, 5) is 129. The lowest BCUT2D eigenvalue weighted by Crippen LogP contribution is -2.54. The Morgan fingerprint density at radius 1 is 0.875 bits per heavy atom. The Labute approximate surface area is 333 Å². The number of hydrogen-bond acceptors (Lipinski definition) is 10. The van der Waals surface area contributed by atoms with Gasteiger partial charge in [-0.05, 0) is 69.3 Å². The van der Waals surface area contributed by atoms with Gasteiger partial charge in [0, 0.05) is 17.1 Å². The number of aliphatic hydroxyl groups is 1. The Balaban J connectivity index is 1.41. The normalized spacial score (nSPS) is 42.6. The van der Waals surface area contributed by atoms with Gasteiger partial charge in [0.05, 0.1) is 27.3 Å². The maximum atomic E-state index is 15.9. The van der Waals surface area contributed by atoms with Crippen LogP contribution in [0.15, 0.2) is 45.5 Å². The summed E-state index contributed by atoms with van der Waals surface area (Å²) < 4.78 is 0. The van der Waals surface area contributed by atoms with Crippen LogP contribution in [0.5, 0.6) is 0 Å². The molecular weight excluding hydrogens is 765 g/mol. The number of carbonyl (C=O) groups excluding carboxylic acids is 8. The molecule has 6 aliphatic carbocycles. The van der Waals surface area contributed by atoms with Gasteiger partial charge in [0.1, 0.15) is 21.8 Å². The summed E-state index contributed by atoms with van der Waals surface area (Å²) in [6, 6.07) is 0. The van der Waals surface area contributed by atoms with E-state index in [1.807, 2.05) is 6.92 Å². The van der Waals surface area contributed by atoms with Crippen molar-refractivity contribution >= 4 is 75.7 Å². The van der Waals surface area contributed by atoms with Crippen LogP contribution in [0.3, 0.4) is 0 Å². The van der Waals surface area contributed by atoms with Gasteiger partial charge in [0.2, 0.25) is 11.8 Å². The molecule has 0 aromatic carbocycles. The number of amides is 2. The van der Waals surface area contributed by atoms with Crippen molar-refractivity contribution in [3.8, 4) is 0 Å². The summed E-state index contributed by atoms with van der Waals surface area (Å²) in [5.41, 5.74) is -12.6. The summed E-state index contributed by atoms with van der Waals surface area (Å²) in [5, 5.41) is 23.6. The van der Waals surface area contributed by atoms with E-state index in [4.69, 9.17) is 23.2 Å². The van der Waals surface area contributed by atoms with Crippen LogP contribution in [-0.2, 0) is 43.2 Å². The highest BCUT2D eigenvalue weighted by Gasteiger charge is 3.05. The number of rotatable bonds is 12. The molecule has 7 aliphatic rings. The number of halogens is 2. The molecule has 1 heterocycles. The average Bonchev–Trinajstić information content (AvgIpc) is 3.76. The standard InChI is InChI=1S/C42H45Cl2NO11/c1-6-9-10-11-14-39-36(54)45-37(55)42(39,32(49)27-24-18(4)15-20(35(52)53)16-21(24)17-38(27,56)23(46)13-8-3)41(39)31(48)25(29(44)34(41)51)26-19(5)40(26)30(47)22(12-7-2)28(43)33(40)50/h7-8,12-13,18-21,24,26-27,56H,6,9-11,14-17H2,1-5H3,(H,52,53)(H,45,54,55)/b12-7+,13-8+/t18-,19+,20+,21-,24+,26-,27+,38-,39-,40-,41-,42-/m0/s1. The van der Waals surface area contributed by atoms with E-state index in [1.54, 1.807) is 13.8 Å². The molecule has 5 fully saturated rings. The van der Waals surface area contributed by atoms with Crippen LogP contribution in [-0.4, -0.2) is 68.3 Å². The van der Waals surface area contributed by atoms with E-state index < -0.39 is 132 Å². The van der Waals surface area contributed by atoms with E-state index in [0.717, 1.165) is 12.5 Å². The highest BCUT2D eigenvalue weighted by atomic mass is 35.5. The van der Waals surface area contributed by atoms with Gasteiger partial charge < -0.3 is 10.2 Å². The third-order valence-electron chi connectivity index (χ3n) is 14.8. The molecule has 2 amide bonds. The summed E-state index contributed by atoms with van der Waals surface area (Å²) in [5.74, 6) is -15.8. The number of carboxylic acid groups (broad SMARTS) is 1. The largest absolute Gasteiger partial charge is 0.481 e. The highest BCUT2D eigenvalue weighted by molar-refractivity contribution is 6.57. The number of ketones is 6. The van der Waals surface area contributed by atoms with Gasteiger partial charge in [-0.2, -0.15) is 0 Å². The number of fused-ring (bicyclic) bond motifs is 4. The number of allylic oxidation sites excluding steroid dienone is 7. The molecule has 1 aliphatic heterocycles. The van der Waals surface area contributed by atoms with Crippen LogP contribution in [0.25, 0.3) is 0 Å². The Hall–Kier alpha value is -3.87. The van der Waals surface area contributed by atoms with Crippen molar-refractivity contribution in [2.75, 3.05) is 0 Å². The van der Waals surface area contributed by atoms with E-state index in [1.165, 1.54) is 32.1 Å². The van der Waals surface area contributed by atoms with E-state index in [2.05, 4.69) is 5.32 Å². The van der Waals surface area contributed by atoms with Crippen molar-refractivity contribution in [2.45, 2.75) is 91.6 Å². The highest BCUT2D eigenvalue weighted by Crippen LogP contribution is 2.88. The lowest BCUT2D eigenvalue weighted by molar-refractivity contribution is -0.155. The smallest absolute Gasteiger partial charge is 0.306 e. The molecule has 4 saturated carbocycles. The fourth-order valence-electron chi connectivity index (χ4n) is 12.7. The molecule has 7 rings (SSSR count). The van der Waals surface area contributed by atoms with Crippen LogP contribution in [0.4, 0.5) is 0 Å². The summed E-state index contributed by atoms with van der Waals surface area (Å²) in [6.45, 7) is 8.33. The third kappa shape index (κ3) is 4.33. The molecule has 14 heteroatoms. The molecule has 56 heavy (non-hydrogen) atoms. The van der Waals surface area contributed by atoms with E-state index >= 15 is 14.4 Å². The van der Waals surface area contributed by atoms with Crippen LogP contribution in [0.2, 0.25) is 0 Å². The van der Waals surface area contributed by atoms with E-state index in [-0.39, 0.29) is 42.7 Å². The zero-order valence-electron chi connectivity index (χ0n) is 31.8. The first-order chi connectivity index (χ1) is 26.3. The molecule has 0 aromatic rings. The first kappa shape index (κ1) is 40.3. The molecule has 0 aromatic heterocycles. The van der Waals surface area contributed by atoms with Gasteiger partial charge in [-0.1, -0.05) is 87.9 Å². The molecule has 298 valence electrons. The fraction of sp³-hybridized carbons (Fsp3) is 0.595. The molecule has 12 atom stereocenters.